The van der Waals surface area contributed by atoms with Gasteiger partial charge in [0, 0.05) is 25.7 Å². The molecule has 1 fully saturated rings. The van der Waals surface area contributed by atoms with Gasteiger partial charge in [0.25, 0.3) is 0 Å². The highest BCUT2D eigenvalue weighted by molar-refractivity contribution is 7.92. The van der Waals surface area contributed by atoms with Gasteiger partial charge in [-0.25, -0.2) is 8.42 Å². The van der Waals surface area contributed by atoms with Gasteiger partial charge in [0.2, 0.25) is 0 Å². The van der Waals surface area contributed by atoms with Crippen molar-refractivity contribution in [3.05, 3.63) is 0 Å². The second-order valence-corrected chi connectivity index (χ2v) is 7.55. The van der Waals surface area contributed by atoms with Crippen molar-refractivity contribution in [2.45, 2.75) is 38.0 Å². The monoisotopic (exact) mass is 248 g/mol. The van der Waals surface area contributed by atoms with Crippen LogP contribution in [0, 0.1) is 0 Å². The molecule has 0 atom stereocenters. The van der Waals surface area contributed by atoms with Crippen molar-refractivity contribution in [2.75, 3.05) is 32.4 Å². The van der Waals surface area contributed by atoms with E-state index in [2.05, 4.69) is 17.3 Å². The Labute approximate surface area is 99.3 Å². The van der Waals surface area contributed by atoms with E-state index in [1.165, 1.54) is 12.8 Å². The summed E-state index contributed by atoms with van der Waals surface area (Å²) in [5.74, 6) is 0.248. The minimum absolute atomic E-state index is 0.248. The molecule has 0 spiro atoms. The maximum Gasteiger partial charge on any atom is 0.153 e. The number of hydrogen-bond acceptors (Lipinski definition) is 4. The molecule has 1 aliphatic carbocycles. The highest BCUT2D eigenvalue weighted by Gasteiger charge is 2.25. The molecule has 1 N–H and O–H groups in total. The van der Waals surface area contributed by atoms with Crippen LogP contribution in [0.25, 0.3) is 0 Å². The van der Waals surface area contributed by atoms with Crippen LogP contribution in [-0.4, -0.2) is 57.0 Å². The maximum atomic E-state index is 11.5. The van der Waals surface area contributed by atoms with E-state index in [0.717, 1.165) is 19.1 Å². The molecular weight excluding hydrogens is 224 g/mol. The molecule has 5 heteroatoms. The van der Waals surface area contributed by atoms with Crippen LogP contribution in [0.2, 0.25) is 0 Å². The average molecular weight is 248 g/mol. The summed E-state index contributed by atoms with van der Waals surface area (Å²) in [6.45, 7) is 5.92. The molecule has 0 heterocycles. The van der Waals surface area contributed by atoms with Gasteiger partial charge in [-0.1, -0.05) is 0 Å². The molecule has 4 nitrogen and oxygen atoms in total. The molecule has 0 aromatic carbocycles. The summed E-state index contributed by atoms with van der Waals surface area (Å²) >= 11 is 0. The predicted octanol–water partition coefficient (Wildman–Crippen LogP) is 0.493. The Morgan fingerprint density at radius 1 is 1.31 bits per heavy atom. The van der Waals surface area contributed by atoms with Crippen molar-refractivity contribution in [1.29, 1.82) is 0 Å². The van der Waals surface area contributed by atoms with Gasteiger partial charge in [0.1, 0.15) is 0 Å². The molecule has 0 radical (unpaired) electrons. The standard InChI is InChI=1S/C11H24N2O2S/c1-10(2)16(14,15)9-7-12-6-8-13(3)11-4-5-11/h10-12H,4-9H2,1-3H3. The third-order valence-corrected chi connectivity index (χ3v) is 5.30. The fourth-order valence-corrected chi connectivity index (χ4v) is 2.43. The Hall–Kier alpha value is -0.130. The van der Waals surface area contributed by atoms with E-state index >= 15 is 0 Å². The minimum Gasteiger partial charge on any atom is -0.314 e. The van der Waals surface area contributed by atoms with Gasteiger partial charge in [0.05, 0.1) is 11.0 Å². The molecule has 0 aromatic rings. The molecule has 16 heavy (non-hydrogen) atoms. The Kier molecular flexibility index (Phi) is 5.21. The number of nitrogens with one attached hydrogen (secondary N) is 1. The van der Waals surface area contributed by atoms with Crippen molar-refractivity contribution in [3.8, 4) is 0 Å². The van der Waals surface area contributed by atoms with E-state index in [4.69, 9.17) is 0 Å². The Morgan fingerprint density at radius 2 is 1.94 bits per heavy atom. The van der Waals surface area contributed by atoms with Crippen LogP contribution >= 0.6 is 0 Å². The fraction of sp³-hybridized carbons (Fsp3) is 1.00. The lowest BCUT2D eigenvalue weighted by Gasteiger charge is -2.15. The predicted molar refractivity (Wildman–Crippen MR) is 67.4 cm³/mol. The highest BCUT2D eigenvalue weighted by atomic mass is 32.2. The fourth-order valence-electron chi connectivity index (χ4n) is 1.53. The first kappa shape index (κ1) is 13.9. The quantitative estimate of drug-likeness (QED) is 0.635. The molecule has 1 saturated carbocycles. The van der Waals surface area contributed by atoms with E-state index in [0.29, 0.717) is 6.54 Å². The zero-order valence-electron chi connectivity index (χ0n) is 10.6. The lowest BCUT2D eigenvalue weighted by molar-refractivity contribution is 0.323. The topological polar surface area (TPSA) is 49.4 Å². The zero-order chi connectivity index (χ0) is 12.2. The molecule has 0 bridgehead atoms. The average Bonchev–Trinajstić information content (AvgIpc) is 2.99. The molecular formula is C11H24N2O2S. The summed E-state index contributed by atoms with van der Waals surface area (Å²) < 4.78 is 23.0. The van der Waals surface area contributed by atoms with E-state index in [-0.39, 0.29) is 11.0 Å². The Bertz CT molecular complexity index is 297. The van der Waals surface area contributed by atoms with Crippen molar-refractivity contribution in [2.24, 2.45) is 0 Å². The van der Waals surface area contributed by atoms with E-state index < -0.39 is 9.84 Å². The van der Waals surface area contributed by atoms with E-state index in [1.807, 2.05) is 0 Å². The Morgan fingerprint density at radius 3 is 2.44 bits per heavy atom. The molecule has 0 amide bonds. The first-order chi connectivity index (χ1) is 7.43. The zero-order valence-corrected chi connectivity index (χ0v) is 11.4. The number of nitrogens with zero attached hydrogens (tertiary/aromatic N) is 1. The molecule has 96 valence electrons. The van der Waals surface area contributed by atoms with Crippen LogP contribution in [0.3, 0.4) is 0 Å². The molecule has 0 unspecified atom stereocenters. The number of hydrogen-bond donors (Lipinski definition) is 1. The van der Waals surface area contributed by atoms with Crippen molar-refractivity contribution in [1.82, 2.24) is 10.2 Å². The maximum absolute atomic E-state index is 11.5. The van der Waals surface area contributed by atoms with Crippen molar-refractivity contribution < 1.29 is 8.42 Å². The number of sulfone groups is 1. The number of rotatable bonds is 8. The highest BCUT2D eigenvalue weighted by Crippen LogP contribution is 2.24. The molecule has 1 rings (SSSR count). The van der Waals surface area contributed by atoms with Gasteiger partial charge in [0.15, 0.2) is 9.84 Å². The summed E-state index contributed by atoms with van der Waals surface area (Å²) in [5.41, 5.74) is 0. The van der Waals surface area contributed by atoms with Gasteiger partial charge in [-0.05, 0) is 33.7 Å². The third-order valence-electron chi connectivity index (χ3n) is 3.09. The van der Waals surface area contributed by atoms with E-state index in [1.54, 1.807) is 13.8 Å². The summed E-state index contributed by atoms with van der Waals surface area (Å²) in [7, 11) is -0.750. The van der Waals surface area contributed by atoms with Crippen LogP contribution in [-0.2, 0) is 9.84 Å². The second kappa shape index (κ2) is 5.98. The van der Waals surface area contributed by atoms with Gasteiger partial charge < -0.3 is 10.2 Å². The van der Waals surface area contributed by atoms with Crippen LogP contribution in [0.15, 0.2) is 0 Å². The third kappa shape index (κ3) is 4.80. The van der Waals surface area contributed by atoms with Crippen molar-refractivity contribution in [3.63, 3.8) is 0 Å². The van der Waals surface area contributed by atoms with Crippen LogP contribution in [0.4, 0.5) is 0 Å². The van der Waals surface area contributed by atoms with Crippen molar-refractivity contribution >= 4 is 9.84 Å². The summed E-state index contributed by atoms with van der Waals surface area (Å²) in [5, 5.41) is 2.93. The smallest absolute Gasteiger partial charge is 0.153 e. The van der Waals surface area contributed by atoms with E-state index in [9.17, 15) is 8.42 Å². The first-order valence-corrected chi connectivity index (χ1v) is 7.77. The van der Waals surface area contributed by atoms with Crippen LogP contribution < -0.4 is 5.32 Å². The van der Waals surface area contributed by atoms with Crippen LogP contribution in [0.1, 0.15) is 26.7 Å². The SMILES string of the molecule is CC(C)S(=O)(=O)CCNCCN(C)C1CC1. The van der Waals surface area contributed by atoms with Gasteiger partial charge >= 0.3 is 0 Å². The minimum atomic E-state index is -2.88. The van der Waals surface area contributed by atoms with Gasteiger partial charge in [-0.2, -0.15) is 0 Å². The first-order valence-electron chi connectivity index (χ1n) is 6.06. The lowest BCUT2D eigenvalue weighted by atomic mass is 10.5. The number of likely N-dealkylation sites (N-methyl/N-ethyl adjacent to an activating group) is 1. The molecule has 1 aliphatic rings. The van der Waals surface area contributed by atoms with Gasteiger partial charge in [-0.3, -0.25) is 0 Å². The van der Waals surface area contributed by atoms with Crippen LogP contribution in [0.5, 0.6) is 0 Å². The lowest BCUT2D eigenvalue weighted by Crippen LogP contribution is -2.34. The summed E-state index contributed by atoms with van der Waals surface area (Å²) in [4.78, 5) is 2.34. The summed E-state index contributed by atoms with van der Waals surface area (Å²) in [6.07, 6.45) is 2.64. The Balaban J connectivity index is 2.03. The molecule has 0 saturated heterocycles. The molecule has 0 aromatic heterocycles. The normalized spacial score (nSPS) is 17.3. The molecule has 0 aliphatic heterocycles. The summed E-state index contributed by atoms with van der Waals surface area (Å²) in [6, 6.07) is 0.779. The second-order valence-electron chi connectivity index (χ2n) is 4.88. The largest absolute Gasteiger partial charge is 0.314 e. The van der Waals surface area contributed by atoms with Gasteiger partial charge in [-0.15, -0.1) is 0 Å².